The maximum Gasteiger partial charge on any atom is 0.229 e. The van der Waals surface area contributed by atoms with E-state index in [-0.39, 0.29) is 18.6 Å². The lowest BCUT2D eigenvalue weighted by atomic mass is 10.1. The van der Waals surface area contributed by atoms with Crippen LogP contribution >= 0.6 is 0 Å². The highest BCUT2D eigenvalue weighted by Crippen LogP contribution is 2.25. The van der Waals surface area contributed by atoms with Crippen LogP contribution in [0.15, 0.2) is 22.7 Å². The second-order valence-electron chi connectivity index (χ2n) is 5.32. The maximum absolute atomic E-state index is 5.97. The molecule has 1 unspecified atom stereocenters. The third-order valence-electron chi connectivity index (χ3n) is 2.99. The smallest absolute Gasteiger partial charge is 0.229 e. The number of aromatic nitrogens is 2. The lowest BCUT2D eigenvalue weighted by molar-refractivity contribution is 0.280. The molecule has 20 heavy (non-hydrogen) atoms. The van der Waals surface area contributed by atoms with Gasteiger partial charge in [0.2, 0.25) is 11.7 Å². The molecule has 0 radical (unpaired) electrons. The summed E-state index contributed by atoms with van der Waals surface area (Å²) in [6, 6.07) is 5.88. The Hall–Kier alpha value is -1.88. The van der Waals surface area contributed by atoms with Crippen molar-refractivity contribution in [2.75, 3.05) is 0 Å². The molecule has 0 aliphatic rings. The summed E-state index contributed by atoms with van der Waals surface area (Å²) >= 11 is 0. The molecule has 1 heterocycles. The van der Waals surface area contributed by atoms with Gasteiger partial charge in [0.1, 0.15) is 5.75 Å². The van der Waals surface area contributed by atoms with Crippen molar-refractivity contribution in [3.63, 3.8) is 0 Å². The molecule has 2 N–H and O–H groups in total. The van der Waals surface area contributed by atoms with Gasteiger partial charge >= 0.3 is 0 Å². The molecule has 108 valence electrons. The van der Waals surface area contributed by atoms with Crippen LogP contribution in [-0.4, -0.2) is 10.1 Å². The summed E-state index contributed by atoms with van der Waals surface area (Å²) in [5.74, 6) is 2.15. The molecule has 0 bridgehead atoms. The average molecular weight is 275 g/mol. The van der Waals surface area contributed by atoms with Crippen LogP contribution in [0.25, 0.3) is 0 Å². The summed E-state index contributed by atoms with van der Waals surface area (Å²) < 4.78 is 10.9. The molecular weight excluding hydrogens is 254 g/mol. The molecule has 0 spiro atoms. The van der Waals surface area contributed by atoms with E-state index < -0.39 is 0 Å². The molecule has 0 saturated heterocycles. The Morgan fingerprint density at radius 1 is 1.30 bits per heavy atom. The summed E-state index contributed by atoms with van der Waals surface area (Å²) in [5.41, 5.74) is 8.11. The van der Waals surface area contributed by atoms with Crippen LogP contribution in [0, 0.1) is 6.92 Å². The molecule has 5 nitrogen and oxygen atoms in total. The monoisotopic (exact) mass is 275 g/mol. The molecule has 5 heteroatoms. The topological polar surface area (TPSA) is 74.2 Å². The highest BCUT2D eigenvalue weighted by Gasteiger charge is 2.12. The number of aryl methyl sites for hydroxylation is 1. The van der Waals surface area contributed by atoms with Gasteiger partial charge in [-0.3, -0.25) is 0 Å². The van der Waals surface area contributed by atoms with Gasteiger partial charge in [0.05, 0.1) is 0 Å². The SMILES string of the molecule is Cc1ccc(OCc2noc(C(C)C)n2)c(C(C)N)c1. The first kappa shape index (κ1) is 14.5. The van der Waals surface area contributed by atoms with Gasteiger partial charge in [0, 0.05) is 17.5 Å². The minimum Gasteiger partial charge on any atom is -0.485 e. The Kier molecular flexibility index (Phi) is 4.39. The zero-order valence-electron chi connectivity index (χ0n) is 12.4. The number of rotatable bonds is 5. The third-order valence-corrected chi connectivity index (χ3v) is 2.99. The maximum atomic E-state index is 5.97. The van der Waals surface area contributed by atoms with E-state index in [0.29, 0.717) is 11.7 Å². The van der Waals surface area contributed by atoms with Crippen molar-refractivity contribution < 1.29 is 9.26 Å². The molecule has 2 rings (SSSR count). The summed E-state index contributed by atoms with van der Waals surface area (Å²) in [4.78, 5) is 4.28. The van der Waals surface area contributed by atoms with Crippen molar-refractivity contribution >= 4 is 0 Å². The normalized spacial score (nSPS) is 12.7. The van der Waals surface area contributed by atoms with Crippen LogP contribution in [-0.2, 0) is 6.61 Å². The lowest BCUT2D eigenvalue weighted by Crippen LogP contribution is -2.09. The van der Waals surface area contributed by atoms with E-state index in [2.05, 4.69) is 10.1 Å². The van der Waals surface area contributed by atoms with Crippen molar-refractivity contribution in [1.82, 2.24) is 10.1 Å². The third kappa shape index (κ3) is 3.36. The Labute approximate surface area is 119 Å². The van der Waals surface area contributed by atoms with E-state index >= 15 is 0 Å². The quantitative estimate of drug-likeness (QED) is 0.907. The van der Waals surface area contributed by atoms with Crippen molar-refractivity contribution in [2.24, 2.45) is 5.73 Å². The molecular formula is C15H21N3O2. The fourth-order valence-electron chi connectivity index (χ4n) is 1.86. The number of nitrogens with zero attached hydrogens (tertiary/aromatic N) is 2. The van der Waals surface area contributed by atoms with Gasteiger partial charge in [-0.1, -0.05) is 36.7 Å². The fraction of sp³-hybridized carbons (Fsp3) is 0.467. The zero-order chi connectivity index (χ0) is 14.7. The van der Waals surface area contributed by atoms with Crippen LogP contribution in [0.5, 0.6) is 5.75 Å². The second-order valence-corrected chi connectivity index (χ2v) is 5.32. The molecule has 2 aromatic rings. The summed E-state index contributed by atoms with van der Waals surface area (Å²) in [5, 5.41) is 3.90. The number of hydrogen-bond acceptors (Lipinski definition) is 5. The number of nitrogens with two attached hydrogens (primary N) is 1. The van der Waals surface area contributed by atoms with Gasteiger partial charge in [-0.05, 0) is 19.9 Å². The van der Waals surface area contributed by atoms with Gasteiger partial charge in [0.15, 0.2) is 6.61 Å². The highest BCUT2D eigenvalue weighted by atomic mass is 16.5. The number of ether oxygens (including phenoxy) is 1. The van der Waals surface area contributed by atoms with E-state index in [0.717, 1.165) is 16.9 Å². The molecule has 0 amide bonds. The average Bonchev–Trinajstić information content (AvgIpc) is 2.86. The largest absolute Gasteiger partial charge is 0.485 e. The van der Waals surface area contributed by atoms with Gasteiger partial charge in [0.25, 0.3) is 0 Å². The van der Waals surface area contributed by atoms with Crippen molar-refractivity contribution in [3.05, 3.63) is 41.0 Å². The Morgan fingerprint density at radius 2 is 2.05 bits per heavy atom. The van der Waals surface area contributed by atoms with Crippen LogP contribution < -0.4 is 10.5 Å². The Balaban J connectivity index is 2.10. The predicted octanol–water partition coefficient (Wildman–Crippen LogP) is 3.10. The summed E-state index contributed by atoms with van der Waals surface area (Å²) in [6.07, 6.45) is 0. The van der Waals surface area contributed by atoms with Crippen LogP contribution in [0.1, 0.15) is 55.6 Å². The van der Waals surface area contributed by atoms with E-state index in [1.807, 2.05) is 45.9 Å². The summed E-state index contributed by atoms with van der Waals surface area (Å²) in [6.45, 7) is 8.26. The van der Waals surface area contributed by atoms with Crippen molar-refractivity contribution in [3.8, 4) is 5.75 Å². The molecule has 1 aromatic heterocycles. The van der Waals surface area contributed by atoms with E-state index in [9.17, 15) is 0 Å². The van der Waals surface area contributed by atoms with Crippen LogP contribution in [0.2, 0.25) is 0 Å². The second kappa shape index (κ2) is 6.05. The molecule has 1 aromatic carbocycles. The summed E-state index contributed by atoms with van der Waals surface area (Å²) in [7, 11) is 0. The van der Waals surface area contributed by atoms with E-state index in [4.69, 9.17) is 15.0 Å². The molecule has 1 atom stereocenters. The first-order valence-electron chi connectivity index (χ1n) is 6.78. The first-order chi connectivity index (χ1) is 9.47. The molecule has 0 saturated carbocycles. The van der Waals surface area contributed by atoms with Crippen LogP contribution in [0.3, 0.4) is 0 Å². The molecule has 0 aliphatic heterocycles. The van der Waals surface area contributed by atoms with Crippen LogP contribution in [0.4, 0.5) is 0 Å². The first-order valence-corrected chi connectivity index (χ1v) is 6.78. The van der Waals surface area contributed by atoms with Gasteiger partial charge in [-0.25, -0.2) is 0 Å². The minimum atomic E-state index is -0.0820. The molecule has 0 aliphatic carbocycles. The van der Waals surface area contributed by atoms with Gasteiger partial charge in [-0.15, -0.1) is 0 Å². The minimum absolute atomic E-state index is 0.0820. The number of hydrogen-bond donors (Lipinski definition) is 1. The van der Waals surface area contributed by atoms with E-state index in [1.165, 1.54) is 0 Å². The van der Waals surface area contributed by atoms with Crippen molar-refractivity contribution in [1.29, 1.82) is 0 Å². The fourth-order valence-corrected chi connectivity index (χ4v) is 1.86. The number of benzene rings is 1. The zero-order valence-corrected chi connectivity index (χ0v) is 12.4. The standard InChI is InChI=1S/C15H21N3O2/c1-9(2)15-17-14(18-20-15)8-19-13-6-5-10(3)7-12(13)11(4)16/h5-7,9,11H,8,16H2,1-4H3. The van der Waals surface area contributed by atoms with Gasteiger partial charge in [-0.2, -0.15) is 4.98 Å². The molecule has 0 fully saturated rings. The van der Waals surface area contributed by atoms with E-state index in [1.54, 1.807) is 0 Å². The van der Waals surface area contributed by atoms with Gasteiger partial charge < -0.3 is 15.0 Å². The predicted molar refractivity (Wildman–Crippen MR) is 76.5 cm³/mol. The van der Waals surface area contributed by atoms with Crippen molar-refractivity contribution in [2.45, 2.75) is 46.3 Å². The Bertz CT molecular complexity index is 576. The lowest BCUT2D eigenvalue weighted by Gasteiger charge is -2.13. The Morgan fingerprint density at radius 3 is 2.65 bits per heavy atom. The highest BCUT2D eigenvalue weighted by molar-refractivity contribution is 5.38.